The lowest BCUT2D eigenvalue weighted by molar-refractivity contribution is -0.142. The van der Waals surface area contributed by atoms with Gasteiger partial charge in [0.05, 0.1) is 17.0 Å². The number of pyridine rings is 1. The maximum Gasteiger partial charge on any atom is 0.305 e. The molecule has 1 aliphatic heterocycles. The van der Waals surface area contributed by atoms with Crippen LogP contribution in [-0.4, -0.2) is 51.9 Å². The van der Waals surface area contributed by atoms with Gasteiger partial charge in [-0.25, -0.2) is 0 Å². The summed E-state index contributed by atoms with van der Waals surface area (Å²) in [6.07, 6.45) is 2.29. The summed E-state index contributed by atoms with van der Waals surface area (Å²) in [4.78, 5) is 40.0. The van der Waals surface area contributed by atoms with Gasteiger partial charge in [-0.1, -0.05) is 11.6 Å². The molecule has 1 aromatic heterocycles. The minimum Gasteiger partial charge on any atom is -0.481 e. The van der Waals surface area contributed by atoms with Gasteiger partial charge in [0.2, 0.25) is 5.91 Å². The van der Waals surface area contributed by atoms with Crippen LogP contribution < -0.4 is 5.32 Å². The zero-order valence-corrected chi connectivity index (χ0v) is 11.1. The molecule has 0 aromatic carbocycles. The van der Waals surface area contributed by atoms with Crippen molar-refractivity contribution in [2.45, 2.75) is 12.5 Å². The number of carboxylic acids is 1. The van der Waals surface area contributed by atoms with E-state index in [1.807, 2.05) is 0 Å². The van der Waals surface area contributed by atoms with Gasteiger partial charge in [0.1, 0.15) is 6.04 Å². The molecule has 0 aliphatic carbocycles. The van der Waals surface area contributed by atoms with E-state index in [0.29, 0.717) is 0 Å². The number of nitrogens with zero attached hydrogens (tertiary/aromatic N) is 2. The second kappa shape index (κ2) is 5.87. The predicted octanol–water partition coefficient (Wildman–Crippen LogP) is 0.150. The Bertz CT molecular complexity index is 563. The van der Waals surface area contributed by atoms with E-state index >= 15 is 0 Å². The third-order valence-electron chi connectivity index (χ3n) is 2.96. The number of rotatable bonds is 3. The fraction of sp³-hybridized carbons (Fsp3) is 0.333. The number of aliphatic carboxylic acids is 1. The Kier molecular flexibility index (Phi) is 4.19. The van der Waals surface area contributed by atoms with Gasteiger partial charge in [-0.15, -0.1) is 0 Å². The predicted molar refractivity (Wildman–Crippen MR) is 69.3 cm³/mol. The van der Waals surface area contributed by atoms with Crippen LogP contribution in [0.2, 0.25) is 5.02 Å². The third-order valence-corrected chi connectivity index (χ3v) is 3.26. The molecule has 2 amide bonds. The van der Waals surface area contributed by atoms with Crippen LogP contribution in [0.1, 0.15) is 16.8 Å². The maximum atomic E-state index is 12.4. The Morgan fingerprint density at radius 2 is 2.30 bits per heavy atom. The molecule has 106 valence electrons. The number of hydrogen-bond donors (Lipinski definition) is 2. The molecule has 1 saturated heterocycles. The number of halogens is 1. The Balaban J connectivity index is 2.28. The lowest BCUT2D eigenvalue weighted by atomic mass is 10.1. The number of aromatic nitrogens is 1. The summed E-state index contributed by atoms with van der Waals surface area (Å²) >= 11 is 5.90. The van der Waals surface area contributed by atoms with Gasteiger partial charge in [-0.3, -0.25) is 19.4 Å². The molecular weight excluding hydrogens is 286 g/mol. The van der Waals surface area contributed by atoms with Gasteiger partial charge in [-0.05, 0) is 6.07 Å². The number of carboxylic acid groups (broad SMARTS) is 1. The van der Waals surface area contributed by atoms with Gasteiger partial charge in [0, 0.05) is 25.5 Å². The highest BCUT2D eigenvalue weighted by Crippen LogP contribution is 2.19. The van der Waals surface area contributed by atoms with Crippen LogP contribution in [0.4, 0.5) is 0 Å². The number of hydrogen-bond acceptors (Lipinski definition) is 4. The largest absolute Gasteiger partial charge is 0.481 e. The van der Waals surface area contributed by atoms with Crippen LogP contribution in [-0.2, 0) is 9.59 Å². The highest BCUT2D eigenvalue weighted by molar-refractivity contribution is 6.33. The smallest absolute Gasteiger partial charge is 0.305 e. The third kappa shape index (κ3) is 2.88. The summed E-state index contributed by atoms with van der Waals surface area (Å²) in [5.74, 6) is -2.10. The highest BCUT2D eigenvalue weighted by Gasteiger charge is 2.35. The Morgan fingerprint density at radius 1 is 1.55 bits per heavy atom. The lowest BCUT2D eigenvalue weighted by Gasteiger charge is -2.34. The molecule has 2 N–H and O–H groups in total. The van der Waals surface area contributed by atoms with Gasteiger partial charge >= 0.3 is 5.97 Å². The first-order chi connectivity index (χ1) is 9.50. The van der Waals surface area contributed by atoms with Crippen molar-refractivity contribution in [3.8, 4) is 0 Å². The van der Waals surface area contributed by atoms with Crippen molar-refractivity contribution in [1.29, 1.82) is 0 Å². The molecule has 2 heterocycles. The first-order valence-electron chi connectivity index (χ1n) is 5.90. The maximum absolute atomic E-state index is 12.4. The molecule has 1 unspecified atom stereocenters. The molecule has 8 heteroatoms. The Morgan fingerprint density at radius 3 is 2.95 bits per heavy atom. The van der Waals surface area contributed by atoms with E-state index in [1.165, 1.54) is 23.4 Å². The second-order valence-corrected chi connectivity index (χ2v) is 4.67. The lowest BCUT2D eigenvalue weighted by Crippen LogP contribution is -2.57. The summed E-state index contributed by atoms with van der Waals surface area (Å²) in [6, 6.07) is 0.410. The van der Waals surface area contributed by atoms with Crippen LogP contribution in [0, 0.1) is 0 Å². The number of carbonyl (C=O) groups is 3. The van der Waals surface area contributed by atoms with Crippen molar-refractivity contribution in [2.75, 3.05) is 13.1 Å². The Labute approximate surface area is 119 Å². The van der Waals surface area contributed by atoms with Crippen LogP contribution >= 0.6 is 11.6 Å². The molecule has 1 atom stereocenters. The van der Waals surface area contributed by atoms with E-state index in [2.05, 4.69) is 10.3 Å². The molecule has 1 aliphatic rings. The monoisotopic (exact) mass is 297 g/mol. The van der Waals surface area contributed by atoms with E-state index in [4.69, 9.17) is 16.7 Å². The van der Waals surface area contributed by atoms with Gasteiger partial charge < -0.3 is 15.3 Å². The first kappa shape index (κ1) is 14.3. The summed E-state index contributed by atoms with van der Waals surface area (Å²) in [7, 11) is 0. The molecule has 1 fully saturated rings. The average molecular weight is 298 g/mol. The number of nitrogens with one attached hydrogen (secondary N) is 1. The molecular formula is C12H12ClN3O4. The van der Waals surface area contributed by atoms with Crippen LogP contribution in [0.25, 0.3) is 0 Å². The first-order valence-corrected chi connectivity index (χ1v) is 6.28. The van der Waals surface area contributed by atoms with Crippen molar-refractivity contribution in [3.63, 3.8) is 0 Å². The molecule has 1 aromatic rings. The highest BCUT2D eigenvalue weighted by atomic mass is 35.5. The molecule has 0 radical (unpaired) electrons. The molecule has 0 spiro atoms. The normalized spacial score (nSPS) is 18.6. The van der Waals surface area contributed by atoms with E-state index in [0.717, 1.165) is 0 Å². The van der Waals surface area contributed by atoms with E-state index in [9.17, 15) is 14.4 Å². The minimum atomic E-state index is -1.15. The fourth-order valence-corrected chi connectivity index (χ4v) is 2.23. The zero-order chi connectivity index (χ0) is 14.7. The van der Waals surface area contributed by atoms with Crippen LogP contribution in [0.5, 0.6) is 0 Å². The van der Waals surface area contributed by atoms with Crippen molar-refractivity contribution in [3.05, 3.63) is 29.0 Å². The van der Waals surface area contributed by atoms with Crippen molar-refractivity contribution in [2.24, 2.45) is 0 Å². The molecule has 2 rings (SSSR count). The summed E-state index contributed by atoms with van der Waals surface area (Å²) in [6.45, 7) is 0.518. The van der Waals surface area contributed by atoms with Crippen molar-refractivity contribution in [1.82, 2.24) is 15.2 Å². The van der Waals surface area contributed by atoms with Crippen LogP contribution in [0.3, 0.4) is 0 Å². The topological polar surface area (TPSA) is 99.6 Å². The van der Waals surface area contributed by atoms with Crippen molar-refractivity contribution >= 4 is 29.4 Å². The summed E-state index contributed by atoms with van der Waals surface area (Å²) in [5.41, 5.74) is 0.201. The molecule has 0 bridgehead atoms. The average Bonchev–Trinajstić information content (AvgIpc) is 2.40. The van der Waals surface area contributed by atoms with E-state index < -0.39 is 30.2 Å². The fourth-order valence-electron chi connectivity index (χ4n) is 2.03. The summed E-state index contributed by atoms with van der Waals surface area (Å²) in [5, 5.41) is 11.6. The number of carbonyl (C=O) groups excluding carboxylic acids is 2. The number of amides is 2. The molecule has 20 heavy (non-hydrogen) atoms. The minimum absolute atomic E-state index is 0.164. The molecule has 7 nitrogen and oxygen atoms in total. The Hall–Kier alpha value is -2.15. The number of piperazine rings is 1. The van der Waals surface area contributed by atoms with Crippen LogP contribution in [0.15, 0.2) is 18.5 Å². The van der Waals surface area contributed by atoms with Gasteiger partial charge in [0.15, 0.2) is 0 Å². The quantitative estimate of drug-likeness (QED) is 0.827. The van der Waals surface area contributed by atoms with Gasteiger partial charge in [-0.2, -0.15) is 0 Å². The van der Waals surface area contributed by atoms with E-state index in [1.54, 1.807) is 0 Å². The van der Waals surface area contributed by atoms with Crippen molar-refractivity contribution < 1.29 is 19.5 Å². The summed E-state index contributed by atoms with van der Waals surface area (Å²) < 4.78 is 0. The van der Waals surface area contributed by atoms with Gasteiger partial charge in [0.25, 0.3) is 5.91 Å². The standard InChI is InChI=1S/C12H12ClN3O4/c13-8-6-14-2-1-7(8)12(20)16-4-3-15-11(19)9(16)5-10(17)18/h1-2,6,9H,3-5H2,(H,15,19)(H,17,18). The second-order valence-electron chi connectivity index (χ2n) is 4.26. The van der Waals surface area contributed by atoms with E-state index in [-0.39, 0.29) is 23.7 Å². The SMILES string of the molecule is O=C(O)CC1C(=O)NCCN1C(=O)c1ccncc1Cl. The molecule has 0 saturated carbocycles. The zero-order valence-electron chi connectivity index (χ0n) is 10.4.